The number of hydrogen-bond acceptors (Lipinski definition) is 3. The SMILES string of the molecule is CC1CCNC(C(=O)NC(CC(=O)O)C2CC2)C1. The van der Waals surface area contributed by atoms with Crippen molar-refractivity contribution in [1.82, 2.24) is 10.6 Å². The van der Waals surface area contributed by atoms with Crippen molar-refractivity contribution in [3.63, 3.8) is 0 Å². The quantitative estimate of drug-likeness (QED) is 0.676. The van der Waals surface area contributed by atoms with Gasteiger partial charge in [-0.3, -0.25) is 9.59 Å². The fourth-order valence-electron chi connectivity index (χ4n) is 2.61. The zero-order valence-electron chi connectivity index (χ0n) is 10.8. The average molecular weight is 254 g/mol. The van der Waals surface area contributed by atoms with Crippen molar-refractivity contribution in [3.05, 3.63) is 0 Å². The summed E-state index contributed by atoms with van der Waals surface area (Å²) >= 11 is 0. The number of amides is 1. The molecule has 3 N–H and O–H groups in total. The molecule has 2 rings (SSSR count). The number of nitrogens with one attached hydrogen (secondary N) is 2. The van der Waals surface area contributed by atoms with Crippen LogP contribution in [0.25, 0.3) is 0 Å². The molecule has 0 radical (unpaired) electrons. The smallest absolute Gasteiger partial charge is 0.305 e. The van der Waals surface area contributed by atoms with Crippen molar-refractivity contribution in [1.29, 1.82) is 0 Å². The first-order chi connectivity index (χ1) is 8.56. The molecule has 0 aromatic rings. The number of carboxylic acids is 1. The largest absolute Gasteiger partial charge is 0.481 e. The van der Waals surface area contributed by atoms with E-state index in [2.05, 4.69) is 17.6 Å². The highest BCUT2D eigenvalue weighted by Crippen LogP contribution is 2.34. The summed E-state index contributed by atoms with van der Waals surface area (Å²) in [5, 5.41) is 15.0. The first-order valence-corrected chi connectivity index (χ1v) is 6.82. The van der Waals surface area contributed by atoms with Gasteiger partial charge in [-0.15, -0.1) is 0 Å². The third-order valence-electron chi connectivity index (χ3n) is 3.90. The Labute approximate surface area is 107 Å². The molecule has 1 aliphatic carbocycles. The topological polar surface area (TPSA) is 78.4 Å². The lowest BCUT2D eigenvalue weighted by Gasteiger charge is -2.28. The average Bonchev–Trinajstić information content (AvgIpc) is 3.11. The molecule has 102 valence electrons. The third-order valence-corrected chi connectivity index (χ3v) is 3.90. The number of carboxylic acid groups (broad SMARTS) is 1. The first-order valence-electron chi connectivity index (χ1n) is 6.82. The molecule has 2 fully saturated rings. The van der Waals surface area contributed by atoms with Crippen molar-refractivity contribution in [2.75, 3.05) is 6.54 Å². The molecule has 3 unspecified atom stereocenters. The molecule has 0 aromatic heterocycles. The minimum Gasteiger partial charge on any atom is -0.481 e. The highest BCUT2D eigenvalue weighted by molar-refractivity contribution is 5.82. The lowest BCUT2D eigenvalue weighted by molar-refractivity contribution is -0.138. The van der Waals surface area contributed by atoms with Crippen LogP contribution in [-0.4, -0.2) is 35.6 Å². The molecule has 1 saturated heterocycles. The Morgan fingerprint density at radius 3 is 2.67 bits per heavy atom. The molecule has 0 aromatic carbocycles. The zero-order chi connectivity index (χ0) is 13.1. The summed E-state index contributed by atoms with van der Waals surface area (Å²) in [5.41, 5.74) is 0. The van der Waals surface area contributed by atoms with Crippen molar-refractivity contribution >= 4 is 11.9 Å². The van der Waals surface area contributed by atoms with Crippen molar-refractivity contribution < 1.29 is 14.7 Å². The zero-order valence-corrected chi connectivity index (χ0v) is 10.8. The highest BCUT2D eigenvalue weighted by Gasteiger charge is 2.35. The van der Waals surface area contributed by atoms with Crippen LogP contribution in [0, 0.1) is 11.8 Å². The second-order valence-electron chi connectivity index (χ2n) is 5.69. The highest BCUT2D eigenvalue weighted by atomic mass is 16.4. The predicted octanol–water partition coefficient (Wildman–Crippen LogP) is 0.744. The predicted molar refractivity (Wildman–Crippen MR) is 67.1 cm³/mol. The van der Waals surface area contributed by atoms with Crippen LogP contribution in [0.1, 0.15) is 39.0 Å². The molecule has 3 atom stereocenters. The van der Waals surface area contributed by atoms with Gasteiger partial charge in [0.05, 0.1) is 12.5 Å². The Bertz CT molecular complexity index is 328. The summed E-state index contributed by atoms with van der Waals surface area (Å²) in [6.45, 7) is 3.02. The number of carbonyl (C=O) groups excluding carboxylic acids is 1. The maximum Gasteiger partial charge on any atom is 0.305 e. The molecular weight excluding hydrogens is 232 g/mol. The van der Waals surface area contributed by atoms with E-state index in [-0.39, 0.29) is 24.4 Å². The van der Waals surface area contributed by atoms with Crippen LogP contribution in [0.5, 0.6) is 0 Å². The molecule has 18 heavy (non-hydrogen) atoms. The first kappa shape index (κ1) is 13.3. The number of rotatable bonds is 5. The number of hydrogen-bond donors (Lipinski definition) is 3. The van der Waals surface area contributed by atoms with Gasteiger partial charge in [0.2, 0.25) is 5.91 Å². The van der Waals surface area contributed by atoms with Crippen LogP contribution >= 0.6 is 0 Å². The molecule has 1 saturated carbocycles. The normalized spacial score (nSPS) is 29.6. The third kappa shape index (κ3) is 3.70. The fourth-order valence-corrected chi connectivity index (χ4v) is 2.61. The van der Waals surface area contributed by atoms with Gasteiger partial charge in [-0.25, -0.2) is 0 Å². The summed E-state index contributed by atoms with van der Waals surface area (Å²) in [7, 11) is 0. The molecule has 2 aliphatic rings. The van der Waals surface area contributed by atoms with E-state index in [4.69, 9.17) is 5.11 Å². The molecule has 1 aliphatic heterocycles. The lowest BCUT2D eigenvalue weighted by atomic mass is 9.93. The van der Waals surface area contributed by atoms with Crippen LogP contribution in [0.2, 0.25) is 0 Å². The van der Waals surface area contributed by atoms with Gasteiger partial charge in [-0.05, 0) is 44.1 Å². The van der Waals surface area contributed by atoms with E-state index in [0.29, 0.717) is 11.8 Å². The van der Waals surface area contributed by atoms with Gasteiger partial charge >= 0.3 is 5.97 Å². The van der Waals surface area contributed by atoms with E-state index in [1.54, 1.807) is 0 Å². The van der Waals surface area contributed by atoms with Crippen LogP contribution < -0.4 is 10.6 Å². The van der Waals surface area contributed by atoms with E-state index in [0.717, 1.165) is 32.2 Å². The lowest BCUT2D eigenvalue weighted by Crippen LogP contribution is -2.51. The Kier molecular flexibility index (Phi) is 4.22. The molecule has 0 spiro atoms. The summed E-state index contributed by atoms with van der Waals surface area (Å²) in [4.78, 5) is 22.9. The van der Waals surface area contributed by atoms with Gasteiger partial charge in [-0.1, -0.05) is 6.92 Å². The maximum absolute atomic E-state index is 12.1. The second kappa shape index (κ2) is 5.69. The number of piperidine rings is 1. The molecular formula is C13H22N2O3. The van der Waals surface area contributed by atoms with E-state index in [1.807, 2.05) is 0 Å². The standard InChI is InChI=1S/C13H22N2O3/c1-8-4-5-14-11(6-8)13(18)15-10(7-12(16)17)9-2-3-9/h8-11,14H,2-7H2,1H3,(H,15,18)(H,16,17). The molecule has 1 amide bonds. The van der Waals surface area contributed by atoms with E-state index in [1.165, 1.54) is 0 Å². The van der Waals surface area contributed by atoms with E-state index < -0.39 is 5.97 Å². The van der Waals surface area contributed by atoms with Gasteiger partial charge < -0.3 is 15.7 Å². The van der Waals surface area contributed by atoms with Crippen LogP contribution in [0.3, 0.4) is 0 Å². The van der Waals surface area contributed by atoms with Crippen LogP contribution in [-0.2, 0) is 9.59 Å². The minimum absolute atomic E-state index is 0.0281. The van der Waals surface area contributed by atoms with Gasteiger partial charge in [0.15, 0.2) is 0 Å². The summed E-state index contributed by atoms with van der Waals surface area (Å²) in [6, 6.07) is -0.335. The van der Waals surface area contributed by atoms with Gasteiger partial charge in [0.1, 0.15) is 0 Å². The summed E-state index contributed by atoms with van der Waals surface area (Å²) in [5.74, 6) is 0.0591. The van der Waals surface area contributed by atoms with Gasteiger partial charge in [0.25, 0.3) is 0 Å². The Hall–Kier alpha value is -1.10. The maximum atomic E-state index is 12.1. The summed E-state index contributed by atoms with van der Waals surface area (Å²) in [6.07, 6.45) is 4.05. The van der Waals surface area contributed by atoms with Crippen LogP contribution in [0.4, 0.5) is 0 Å². The Morgan fingerprint density at radius 1 is 1.39 bits per heavy atom. The molecule has 1 heterocycles. The van der Waals surface area contributed by atoms with E-state index >= 15 is 0 Å². The van der Waals surface area contributed by atoms with Crippen LogP contribution in [0.15, 0.2) is 0 Å². The fraction of sp³-hybridized carbons (Fsp3) is 0.846. The van der Waals surface area contributed by atoms with Gasteiger partial charge in [-0.2, -0.15) is 0 Å². The molecule has 0 bridgehead atoms. The number of aliphatic carboxylic acids is 1. The monoisotopic (exact) mass is 254 g/mol. The van der Waals surface area contributed by atoms with Crippen molar-refractivity contribution in [2.45, 2.75) is 51.1 Å². The molecule has 5 heteroatoms. The summed E-state index contributed by atoms with van der Waals surface area (Å²) < 4.78 is 0. The van der Waals surface area contributed by atoms with Gasteiger partial charge in [0, 0.05) is 6.04 Å². The Morgan fingerprint density at radius 2 is 2.11 bits per heavy atom. The number of carbonyl (C=O) groups is 2. The van der Waals surface area contributed by atoms with E-state index in [9.17, 15) is 9.59 Å². The molecule has 5 nitrogen and oxygen atoms in total. The van der Waals surface area contributed by atoms with Crippen molar-refractivity contribution in [2.24, 2.45) is 11.8 Å². The minimum atomic E-state index is -0.836. The second-order valence-corrected chi connectivity index (χ2v) is 5.69. The Balaban J connectivity index is 1.85. The van der Waals surface area contributed by atoms with Crippen molar-refractivity contribution in [3.8, 4) is 0 Å².